The average Bonchev–Trinajstić information content (AvgIpc) is 2.23. The largest absolute Gasteiger partial charge is 0.399 e. The number of nitrogen functional groups attached to an aromatic ring is 1. The van der Waals surface area contributed by atoms with E-state index in [4.69, 9.17) is 22.4 Å². The first kappa shape index (κ1) is 14.1. The van der Waals surface area contributed by atoms with Crippen molar-refractivity contribution >= 4 is 23.1 Å². The normalized spacial score (nSPS) is 11.5. The molecule has 0 aliphatic heterocycles. The lowest BCUT2D eigenvalue weighted by atomic mass is 9.88. The molecule has 1 rings (SSSR count). The number of rotatable bonds is 6. The Balaban J connectivity index is 2.54. The number of nitrogens with two attached hydrogens (primary N) is 1. The summed E-state index contributed by atoms with van der Waals surface area (Å²) in [5.41, 5.74) is 6.38. The lowest BCUT2D eigenvalue weighted by Crippen LogP contribution is -2.23. The number of aromatic nitrogens is 1. The summed E-state index contributed by atoms with van der Waals surface area (Å²) in [6.07, 6.45) is 1.76. The van der Waals surface area contributed by atoms with Crippen LogP contribution in [0.25, 0.3) is 0 Å². The van der Waals surface area contributed by atoms with Crippen molar-refractivity contribution in [2.24, 2.45) is 5.41 Å². The zero-order chi connectivity index (χ0) is 12.9. The molecule has 0 fully saturated rings. The maximum atomic E-state index is 8.82. The maximum absolute atomic E-state index is 8.82. The van der Waals surface area contributed by atoms with Crippen LogP contribution in [-0.4, -0.2) is 23.2 Å². The predicted octanol–water partition coefficient (Wildman–Crippen LogP) is 2.53. The number of hydrogen-bond donors (Lipinski definition) is 3. The summed E-state index contributed by atoms with van der Waals surface area (Å²) in [5, 5.41) is 12.4. The summed E-state index contributed by atoms with van der Waals surface area (Å²) >= 11 is 5.82. The van der Waals surface area contributed by atoms with Crippen molar-refractivity contribution in [3.63, 3.8) is 0 Å². The molecule has 0 saturated heterocycles. The Labute approximate surface area is 107 Å². The van der Waals surface area contributed by atoms with Gasteiger partial charge in [-0.15, -0.1) is 0 Å². The average molecular weight is 258 g/mol. The van der Waals surface area contributed by atoms with E-state index in [2.05, 4.69) is 24.1 Å². The van der Waals surface area contributed by atoms with Crippen LogP contribution >= 0.6 is 11.6 Å². The van der Waals surface area contributed by atoms with E-state index in [1.165, 1.54) is 0 Å². The second kappa shape index (κ2) is 6.07. The van der Waals surface area contributed by atoms with Gasteiger partial charge >= 0.3 is 0 Å². The molecule has 1 aromatic heterocycles. The van der Waals surface area contributed by atoms with Gasteiger partial charge in [0.2, 0.25) is 0 Å². The molecule has 5 heteroatoms. The van der Waals surface area contributed by atoms with E-state index in [-0.39, 0.29) is 12.0 Å². The molecule has 0 radical (unpaired) electrons. The van der Waals surface area contributed by atoms with Crippen LogP contribution in [0.4, 0.5) is 11.5 Å². The Morgan fingerprint density at radius 1 is 1.47 bits per heavy atom. The third-order valence-electron chi connectivity index (χ3n) is 2.58. The molecule has 0 aromatic carbocycles. The molecule has 4 nitrogen and oxygen atoms in total. The SMILES string of the molecule is CC(C)(CCCO)CNc1cc(N)cc(Cl)n1. The van der Waals surface area contributed by atoms with E-state index in [0.29, 0.717) is 16.7 Å². The number of aliphatic hydroxyl groups excluding tert-OH is 1. The Morgan fingerprint density at radius 2 is 2.18 bits per heavy atom. The van der Waals surface area contributed by atoms with Crippen molar-refractivity contribution < 1.29 is 5.11 Å². The lowest BCUT2D eigenvalue weighted by Gasteiger charge is -2.25. The summed E-state index contributed by atoms with van der Waals surface area (Å²) in [6.45, 7) is 5.28. The molecule has 0 spiro atoms. The van der Waals surface area contributed by atoms with Crippen molar-refractivity contribution in [1.82, 2.24) is 4.98 Å². The molecule has 4 N–H and O–H groups in total. The number of pyridine rings is 1. The van der Waals surface area contributed by atoms with Crippen LogP contribution in [0.5, 0.6) is 0 Å². The molecule has 0 aliphatic rings. The highest BCUT2D eigenvalue weighted by atomic mass is 35.5. The van der Waals surface area contributed by atoms with Crippen molar-refractivity contribution in [2.45, 2.75) is 26.7 Å². The monoisotopic (exact) mass is 257 g/mol. The topological polar surface area (TPSA) is 71.2 Å². The minimum atomic E-state index is 0.0987. The molecular formula is C12H20ClN3O. The number of nitrogens with one attached hydrogen (secondary N) is 1. The minimum absolute atomic E-state index is 0.0987. The molecule has 96 valence electrons. The van der Waals surface area contributed by atoms with E-state index < -0.39 is 0 Å². The summed E-state index contributed by atoms with van der Waals surface area (Å²) in [6, 6.07) is 3.37. The van der Waals surface area contributed by atoms with Crippen LogP contribution in [0.2, 0.25) is 5.15 Å². The quantitative estimate of drug-likeness (QED) is 0.685. The van der Waals surface area contributed by atoms with Crippen LogP contribution in [0, 0.1) is 5.41 Å². The van der Waals surface area contributed by atoms with Gasteiger partial charge in [0.1, 0.15) is 11.0 Å². The molecule has 1 heterocycles. The van der Waals surface area contributed by atoms with Gasteiger partial charge in [-0.25, -0.2) is 4.98 Å². The smallest absolute Gasteiger partial charge is 0.133 e. The number of halogens is 1. The van der Waals surface area contributed by atoms with Crippen LogP contribution in [0.1, 0.15) is 26.7 Å². The molecule has 17 heavy (non-hydrogen) atoms. The summed E-state index contributed by atoms with van der Waals surface area (Å²) in [4.78, 5) is 4.14. The highest BCUT2D eigenvalue weighted by molar-refractivity contribution is 6.29. The number of anilines is 2. The fourth-order valence-electron chi connectivity index (χ4n) is 1.58. The molecule has 0 bridgehead atoms. The first-order chi connectivity index (χ1) is 7.93. The Hall–Kier alpha value is -1.00. The Morgan fingerprint density at radius 3 is 2.76 bits per heavy atom. The summed E-state index contributed by atoms with van der Waals surface area (Å²) in [7, 11) is 0. The van der Waals surface area contributed by atoms with Gasteiger partial charge in [-0.05, 0) is 24.3 Å². The maximum Gasteiger partial charge on any atom is 0.133 e. The van der Waals surface area contributed by atoms with Crippen LogP contribution in [-0.2, 0) is 0 Å². The highest BCUT2D eigenvalue weighted by Gasteiger charge is 2.17. The van der Waals surface area contributed by atoms with Crippen molar-refractivity contribution in [3.8, 4) is 0 Å². The van der Waals surface area contributed by atoms with Crippen molar-refractivity contribution in [2.75, 3.05) is 24.2 Å². The van der Waals surface area contributed by atoms with Gasteiger partial charge in [-0.2, -0.15) is 0 Å². The Kier molecular flexibility index (Phi) is 5.02. The molecule has 0 atom stereocenters. The summed E-state index contributed by atoms with van der Waals surface area (Å²) < 4.78 is 0. The van der Waals surface area contributed by atoms with Crippen LogP contribution < -0.4 is 11.1 Å². The number of aliphatic hydroxyl groups is 1. The van der Waals surface area contributed by atoms with Gasteiger partial charge in [-0.1, -0.05) is 25.4 Å². The predicted molar refractivity (Wildman–Crippen MR) is 72.2 cm³/mol. The zero-order valence-electron chi connectivity index (χ0n) is 10.3. The number of nitrogens with zero attached hydrogens (tertiary/aromatic N) is 1. The second-order valence-electron chi connectivity index (χ2n) is 4.95. The van der Waals surface area contributed by atoms with Crippen LogP contribution in [0.3, 0.4) is 0 Å². The summed E-state index contributed by atoms with van der Waals surface area (Å²) in [5.74, 6) is 0.687. The van der Waals surface area contributed by atoms with E-state index >= 15 is 0 Å². The minimum Gasteiger partial charge on any atom is -0.399 e. The second-order valence-corrected chi connectivity index (χ2v) is 5.34. The lowest BCUT2D eigenvalue weighted by molar-refractivity contribution is 0.248. The third-order valence-corrected chi connectivity index (χ3v) is 2.77. The fraction of sp³-hybridized carbons (Fsp3) is 0.583. The molecule has 0 amide bonds. The van der Waals surface area contributed by atoms with Gasteiger partial charge in [0.15, 0.2) is 0 Å². The van der Waals surface area contributed by atoms with E-state index in [9.17, 15) is 0 Å². The molecule has 1 aromatic rings. The standard InChI is InChI=1S/C12H20ClN3O/c1-12(2,4-3-5-17)8-15-11-7-9(14)6-10(13)16-11/h6-7,17H,3-5,8H2,1-2H3,(H3,14,15,16). The van der Waals surface area contributed by atoms with Gasteiger partial charge in [0.05, 0.1) is 0 Å². The van der Waals surface area contributed by atoms with Crippen molar-refractivity contribution in [3.05, 3.63) is 17.3 Å². The van der Waals surface area contributed by atoms with Gasteiger partial charge < -0.3 is 16.2 Å². The molecule has 0 unspecified atom stereocenters. The fourth-order valence-corrected chi connectivity index (χ4v) is 1.80. The zero-order valence-corrected chi connectivity index (χ0v) is 11.1. The van der Waals surface area contributed by atoms with Gasteiger partial charge in [0, 0.05) is 24.9 Å². The third kappa shape index (κ3) is 5.24. The van der Waals surface area contributed by atoms with Gasteiger partial charge in [0.25, 0.3) is 0 Å². The Bertz CT molecular complexity index is 349. The van der Waals surface area contributed by atoms with E-state index in [0.717, 1.165) is 19.4 Å². The molecular weight excluding hydrogens is 238 g/mol. The molecule has 0 aliphatic carbocycles. The van der Waals surface area contributed by atoms with E-state index in [1.54, 1.807) is 12.1 Å². The first-order valence-corrected chi connectivity index (χ1v) is 6.08. The van der Waals surface area contributed by atoms with E-state index in [1.807, 2.05) is 0 Å². The van der Waals surface area contributed by atoms with Crippen LogP contribution in [0.15, 0.2) is 12.1 Å². The first-order valence-electron chi connectivity index (χ1n) is 5.71. The van der Waals surface area contributed by atoms with Gasteiger partial charge in [-0.3, -0.25) is 0 Å². The number of hydrogen-bond acceptors (Lipinski definition) is 4. The molecule has 0 saturated carbocycles. The van der Waals surface area contributed by atoms with Crippen molar-refractivity contribution in [1.29, 1.82) is 0 Å². The highest BCUT2D eigenvalue weighted by Crippen LogP contribution is 2.23.